The molecule has 0 spiro atoms. The number of carbonyl (C=O) groups excluding carboxylic acids is 2. The highest BCUT2D eigenvalue weighted by Crippen LogP contribution is 2.17. The molecular formula is C11H19NO4S. The third-order valence-electron chi connectivity index (χ3n) is 2.44. The van der Waals surface area contributed by atoms with E-state index in [1.165, 1.54) is 0 Å². The molecule has 0 aromatic carbocycles. The molecular weight excluding hydrogens is 242 g/mol. The molecule has 1 amide bonds. The second-order valence-electron chi connectivity index (χ2n) is 3.57. The first-order chi connectivity index (χ1) is 8.20. The van der Waals surface area contributed by atoms with Crippen molar-refractivity contribution in [2.24, 2.45) is 0 Å². The molecule has 1 atom stereocenters. The summed E-state index contributed by atoms with van der Waals surface area (Å²) >= 11 is 1.67. The summed E-state index contributed by atoms with van der Waals surface area (Å²) in [5, 5.41) is 0. The number of nitrogens with zero attached hydrogens (tertiary/aromatic N) is 1. The summed E-state index contributed by atoms with van der Waals surface area (Å²) in [6, 6.07) is -0.457. The Hall–Kier alpha value is -0.750. The monoisotopic (exact) mass is 261 g/mol. The second-order valence-corrected chi connectivity index (χ2v) is 4.72. The summed E-state index contributed by atoms with van der Waals surface area (Å²) in [4.78, 5) is 25.2. The predicted molar refractivity (Wildman–Crippen MR) is 66.0 cm³/mol. The second kappa shape index (κ2) is 7.55. The van der Waals surface area contributed by atoms with Crippen LogP contribution in [0.2, 0.25) is 0 Å². The topological polar surface area (TPSA) is 55.8 Å². The lowest BCUT2D eigenvalue weighted by Crippen LogP contribution is -2.52. The van der Waals surface area contributed by atoms with Gasteiger partial charge in [-0.2, -0.15) is 11.8 Å². The average molecular weight is 261 g/mol. The van der Waals surface area contributed by atoms with Crippen LogP contribution in [0.25, 0.3) is 0 Å². The lowest BCUT2D eigenvalue weighted by Gasteiger charge is -2.33. The van der Waals surface area contributed by atoms with Gasteiger partial charge in [-0.1, -0.05) is 0 Å². The molecule has 5 nitrogen and oxygen atoms in total. The first-order valence-corrected chi connectivity index (χ1v) is 6.97. The molecule has 1 rings (SSSR count). The number of hydrogen-bond acceptors (Lipinski definition) is 5. The van der Waals surface area contributed by atoms with Gasteiger partial charge in [0, 0.05) is 24.7 Å². The van der Waals surface area contributed by atoms with E-state index in [1.54, 1.807) is 23.6 Å². The molecule has 0 N–H and O–H groups in total. The SMILES string of the molecule is CCOCC(=O)N1CCSCC1C(=O)OCC. The van der Waals surface area contributed by atoms with Crippen LogP contribution in [0.3, 0.4) is 0 Å². The van der Waals surface area contributed by atoms with Crippen molar-refractivity contribution in [3.8, 4) is 0 Å². The quantitative estimate of drug-likeness (QED) is 0.676. The minimum absolute atomic E-state index is 0.0388. The summed E-state index contributed by atoms with van der Waals surface area (Å²) in [7, 11) is 0. The highest BCUT2D eigenvalue weighted by Gasteiger charge is 2.33. The largest absolute Gasteiger partial charge is 0.464 e. The fourth-order valence-electron chi connectivity index (χ4n) is 1.61. The van der Waals surface area contributed by atoms with Gasteiger partial charge in [0.25, 0.3) is 0 Å². The fourth-order valence-corrected chi connectivity index (χ4v) is 2.64. The van der Waals surface area contributed by atoms with Gasteiger partial charge in [-0.05, 0) is 13.8 Å². The van der Waals surface area contributed by atoms with Crippen LogP contribution >= 0.6 is 11.8 Å². The highest BCUT2D eigenvalue weighted by molar-refractivity contribution is 7.99. The molecule has 1 aliphatic heterocycles. The van der Waals surface area contributed by atoms with Gasteiger partial charge in [0.05, 0.1) is 6.61 Å². The number of amides is 1. The van der Waals surface area contributed by atoms with Crippen molar-refractivity contribution >= 4 is 23.6 Å². The Morgan fingerprint density at radius 2 is 2.12 bits per heavy atom. The van der Waals surface area contributed by atoms with Crippen LogP contribution < -0.4 is 0 Å². The van der Waals surface area contributed by atoms with E-state index in [0.29, 0.717) is 25.5 Å². The van der Waals surface area contributed by atoms with Crippen molar-refractivity contribution in [1.29, 1.82) is 0 Å². The molecule has 1 aliphatic rings. The first kappa shape index (κ1) is 14.3. The van der Waals surface area contributed by atoms with Gasteiger partial charge in [-0.3, -0.25) is 4.79 Å². The molecule has 0 aliphatic carbocycles. The molecule has 0 bridgehead atoms. The van der Waals surface area contributed by atoms with E-state index in [-0.39, 0.29) is 18.5 Å². The molecule has 0 aromatic heterocycles. The zero-order valence-corrected chi connectivity index (χ0v) is 11.1. The zero-order valence-electron chi connectivity index (χ0n) is 10.3. The van der Waals surface area contributed by atoms with E-state index >= 15 is 0 Å². The summed E-state index contributed by atoms with van der Waals surface area (Å²) in [5.41, 5.74) is 0. The predicted octanol–water partition coefficient (Wildman–Crippen LogP) is 0.530. The molecule has 17 heavy (non-hydrogen) atoms. The Kier molecular flexibility index (Phi) is 6.36. The van der Waals surface area contributed by atoms with Gasteiger partial charge in [0.1, 0.15) is 12.6 Å². The molecule has 6 heteroatoms. The van der Waals surface area contributed by atoms with Gasteiger partial charge < -0.3 is 14.4 Å². The van der Waals surface area contributed by atoms with Crippen LogP contribution in [-0.4, -0.2) is 60.7 Å². The molecule has 1 saturated heterocycles. The van der Waals surface area contributed by atoms with E-state index in [1.807, 2.05) is 6.92 Å². The standard InChI is InChI=1S/C11H19NO4S/c1-3-15-7-10(13)12-5-6-17-8-9(12)11(14)16-4-2/h9H,3-8H2,1-2H3. The maximum absolute atomic E-state index is 11.9. The van der Waals surface area contributed by atoms with Gasteiger partial charge in [-0.25, -0.2) is 4.79 Å². The molecule has 1 heterocycles. The van der Waals surface area contributed by atoms with E-state index < -0.39 is 6.04 Å². The van der Waals surface area contributed by atoms with Gasteiger partial charge in [0.2, 0.25) is 5.91 Å². The van der Waals surface area contributed by atoms with Crippen LogP contribution in [0.5, 0.6) is 0 Å². The van der Waals surface area contributed by atoms with Gasteiger partial charge in [-0.15, -0.1) is 0 Å². The number of rotatable bonds is 5. The van der Waals surface area contributed by atoms with Crippen molar-refractivity contribution in [1.82, 2.24) is 4.90 Å². The lowest BCUT2D eigenvalue weighted by atomic mass is 10.2. The Morgan fingerprint density at radius 3 is 2.76 bits per heavy atom. The molecule has 0 radical (unpaired) electrons. The highest BCUT2D eigenvalue weighted by atomic mass is 32.2. The van der Waals surface area contributed by atoms with Crippen molar-refractivity contribution < 1.29 is 19.1 Å². The van der Waals surface area contributed by atoms with Crippen LogP contribution in [-0.2, 0) is 19.1 Å². The lowest BCUT2D eigenvalue weighted by molar-refractivity contribution is -0.155. The minimum atomic E-state index is -0.457. The number of hydrogen-bond donors (Lipinski definition) is 0. The van der Waals surface area contributed by atoms with Crippen molar-refractivity contribution in [2.75, 3.05) is 37.9 Å². The Labute approximate surface area is 106 Å². The zero-order chi connectivity index (χ0) is 12.7. The Balaban J connectivity index is 2.58. The molecule has 1 unspecified atom stereocenters. The Morgan fingerprint density at radius 1 is 1.35 bits per heavy atom. The maximum atomic E-state index is 11.9. The van der Waals surface area contributed by atoms with Crippen LogP contribution in [0.1, 0.15) is 13.8 Å². The van der Waals surface area contributed by atoms with E-state index in [0.717, 1.165) is 5.75 Å². The van der Waals surface area contributed by atoms with Crippen molar-refractivity contribution in [3.63, 3.8) is 0 Å². The number of carbonyl (C=O) groups is 2. The normalized spacial score (nSPS) is 20.1. The molecule has 0 aromatic rings. The number of ether oxygens (including phenoxy) is 2. The van der Waals surface area contributed by atoms with Gasteiger partial charge in [0.15, 0.2) is 0 Å². The van der Waals surface area contributed by atoms with Crippen LogP contribution in [0.4, 0.5) is 0 Å². The molecule has 1 fully saturated rings. The number of esters is 1. The van der Waals surface area contributed by atoms with E-state index in [2.05, 4.69) is 0 Å². The number of thioether (sulfide) groups is 1. The maximum Gasteiger partial charge on any atom is 0.329 e. The summed E-state index contributed by atoms with van der Waals surface area (Å²) < 4.78 is 10.1. The summed E-state index contributed by atoms with van der Waals surface area (Å²) in [5.74, 6) is 1.01. The van der Waals surface area contributed by atoms with E-state index in [9.17, 15) is 9.59 Å². The van der Waals surface area contributed by atoms with Crippen molar-refractivity contribution in [3.05, 3.63) is 0 Å². The minimum Gasteiger partial charge on any atom is -0.464 e. The molecule has 98 valence electrons. The Bertz CT molecular complexity index is 272. The van der Waals surface area contributed by atoms with Crippen molar-refractivity contribution in [2.45, 2.75) is 19.9 Å². The first-order valence-electron chi connectivity index (χ1n) is 5.82. The summed E-state index contributed by atoms with van der Waals surface area (Å²) in [6.45, 7) is 5.06. The summed E-state index contributed by atoms with van der Waals surface area (Å²) in [6.07, 6.45) is 0. The van der Waals surface area contributed by atoms with E-state index in [4.69, 9.17) is 9.47 Å². The smallest absolute Gasteiger partial charge is 0.329 e. The fraction of sp³-hybridized carbons (Fsp3) is 0.818. The average Bonchev–Trinajstić information content (AvgIpc) is 2.36. The third kappa shape index (κ3) is 4.20. The van der Waals surface area contributed by atoms with Gasteiger partial charge >= 0.3 is 5.97 Å². The van der Waals surface area contributed by atoms with Crippen LogP contribution in [0, 0.1) is 0 Å². The van der Waals surface area contributed by atoms with Crippen LogP contribution in [0.15, 0.2) is 0 Å². The third-order valence-corrected chi connectivity index (χ3v) is 3.46. The molecule has 0 saturated carbocycles.